The predicted molar refractivity (Wildman–Crippen MR) is 133 cm³/mol. The second-order valence-electron chi connectivity index (χ2n) is 8.29. The Balaban J connectivity index is 1.49. The molecule has 3 aromatic heterocycles. The number of hydrogen-bond acceptors (Lipinski definition) is 7. The lowest BCUT2D eigenvalue weighted by molar-refractivity contribution is -0.124. The molecule has 5 rings (SSSR count). The number of nitrogen functional groups attached to an aromatic ring is 1. The Hall–Kier alpha value is -4.98. The second kappa shape index (κ2) is 9.34. The third kappa shape index (κ3) is 4.16. The number of pyridine rings is 1. The predicted octanol–water partition coefficient (Wildman–Crippen LogP) is 1.68. The molecule has 1 fully saturated rings. The number of carbonyl (C=O) groups excluding carboxylic acids is 2. The summed E-state index contributed by atoms with van der Waals surface area (Å²) in [5.74, 6) is 5.01. The first kappa shape index (κ1) is 22.8. The SMILES string of the molecule is CC#CC(=O)N1CC[C@@H](c2nn(-c3ccc(C(=O)Nc4ccccn4)cc3)c3c(N)n[nH]c(=O)c23)C1. The van der Waals surface area contributed by atoms with Crippen LogP contribution in [0.25, 0.3) is 16.6 Å². The lowest BCUT2D eigenvalue weighted by atomic mass is 10.0. The fraction of sp³-hybridized carbons (Fsp3) is 0.200. The van der Waals surface area contributed by atoms with Crippen LogP contribution in [0.3, 0.4) is 0 Å². The van der Waals surface area contributed by atoms with Crippen LogP contribution in [-0.4, -0.2) is 54.8 Å². The van der Waals surface area contributed by atoms with Crippen molar-refractivity contribution in [1.29, 1.82) is 0 Å². The van der Waals surface area contributed by atoms with Gasteiger partial charge in [0.1, 0.15) is 11.3 Å². The number of nitrogens with one attached hydrogen (secondary N) is 2. The summed E-state index contributed by atoms with van der Waals surface area (Å²) < 4.78 is 1.55. The van der Waals surface area contributed by atoms with Crippen LogP contribution in [-0.2, 0) is 4.79 Å². The van der Waals surface area contributed by atoms with Gasteiger partial charge in [0.05, 0.1) is 16.8 Å². The van der Waals surface area contributed by atoms with Gasteiger partial charge in [0.2, 0.25) is 0 Å². The highest BCUT2D eigenvalue weighted by atomic mass is 16.2. The van der Waals surface area contributed by atoms with Gasteiger partial charge in [-0.05, 0) is 55.7 Å². The van der Waals surface area contributed by atoms with Crippen molar-refractivity contribution in [1.82, 2.24) is 29.9 Å². The molecule has 4 aromatic rings. The Morgan fingerprint density at radius 1 is 1.19 bits per heavy atom. The number of carbonyl (C=O) groups is 2. The summed E-state index contributed by atoms with van der Waals surface area (Å²) in [5.41, 5.74) is 7.68. The summed E-state index contributed by atoms with van der Waals surface area (Å²) in [6, 6.07) is 12.0. The van der Waals surface area contributed by atoms with E-state index in [0.29, 0.717) is 53.2 Å². The van der Waals surface area contributed by atoms with E-state index in [1.54, 1.807) is 65.2 Å². The molecule has 0 saturated carbocycles. The fourth-order valence-electron chi connectivity index (χ4n) is 4.32. The van der Waals surface area contributed by atoms with Crippen LogP contribution < -0.4 is 16.6 Å². The summed E-state index contributed by atoms with van der Waals surface area (Å²) in [5, 5.41) is 14.2. The van der Waals surface area contributed by atoms with E-state index in [1.165, 1.54) is 0 Å². The number of anilines is 2. The summed E-state index contributed by atoms with van der Waals surface area (Å²) >= 11 is 0. The molecule has 1 saturated heterocycles. The lowest BCUT2D eigenvalue weighted by Crippen LogP contribution is -2.27. The first-order valence-corrected chi connectivity index (χ1v) is 11.3. The minimum absolute atomic E-state index is 0.114. The van der Waals surface area contributed by atoms with Crippen molar-refractivity contribution < 1.29 is 9.59 Å². The first-order chi connectivity index (χ1) is 17.5. The molecule has 180 valence electrons. The normalized spacial score (nSPS) is 14.9. The molecule has 1 aromatic carbocycles. The van der Waals surface area contributed by atoms with Crippen LogP contribution in [0.15, 0.2) is 53.5 Å². The maximum absolute atomic E-state index is 12.8. The van der Waals surface area contributed by atoms with Crippen LogP contribution in [0.2, 0.25) is 0 Å². The zero-order valence-corrected chi connectivity index (χ0v) is 19.4. The summed E-state index contributed by atoms with van der Waals surface area (Å²) in [4.78, 5) is 43.4. The van der Waals surface area contributed by atoms with Gasteiger partial charge < -0.3 is 16.0 Å². The second-order valence-corrected chi connectivity index (χ2v) is 8.29. The van der Waals surface area contributed by atoms with Gasteiger partial charge >= 0.3 is 0 Å². The van der Waals surface area contributed by atoms with Gasteiger partial charge in [0, 0.05) is 30.8 Å². The van der Waals surface area contributed by atoms with Crippen molar-refractivity contribution in [2.45, 2.75) is 19.3 Å². The van der Waals surface area contributed by atoms with Crippen LogP contribution in [0.1, 0.15) is 35.3 Å². The lowest BCUT2D eigenvalue weighted by Gasteiger charge is -2.12. The molecule has 11 nitrogen and oxygen atoms in total. The van der Waals surface area contributed by atoms with E-state index in [-0.39, 0.29) is 23.6 Å². The molecule has 0 aliphatic carbocycles. The number of nitrogens with zero attached hydrogens (tertiary/aromatic N) is 5. The number of aromatic nitrogens is 5. The number of aromatic amines is 1. The number of fused-ring (bicyclic) bond motifs is 1. The number of benzene rings is 1. The Labute approximate surface area is 205 Å². The molecule has 0 unspecified atom stereocenters. The molecule has 4 heterocycles. The molecule has 1 aliphatic heterocycles. The van der Waals surface area contributed by atoms with E-state index in [4.69, 9.17) is 10.8 Å². The average molecular weight is 483 g/mol. The summed E-state index contributed by atoms with van der Waals surface area (Å²) in [6.07, 6.45) is 2.23. The molecule has 0 bridgehead atoms. The van der Waals surface area contributed by atoms with E-state index >= 15 is 0 Å². The van der Waals surface area contributed by atoms with Crippen molar-refractivity contribution >= 4 is 34.4 Å². The molecular weight excluding hydrogens is 460 g/mol. The molecule has 1 aliphatic rings. The number of H-pyrrole nitrogens is 1. The van der Waals surface area contributed by atoms with Gasteiger partial charge in [-0.2, -0.15) is 10.2 Å². The highest BCUT2D eigenvalue weighted by Crippen LogP contribution is 2.33. The molecule has 11 heteroatoms. The highest BCUT2D eigenvalue weighted by Gasteiger charge is 2.32. The van der Waals surface area contributed by atoms with E-state index in [2.05, 4.69) is 32.3 Å². The minimum atomic E-state index is -0.412. The van der Waals surface area contributed by atoms with Gasteiger partial charge in [-0.1, -0.05) is 12.0 Å². The van der Waals surface area contributed by atoms with Gasteiger partial charge in [-0.3, -0.25) is 14.4 Å². The standard InChI is InChI=1S/C25H22N8O3/c1-2-5-19(34)32-13-11-16(14-32)21-20-22(23(26)29-30-25(20)36)33(31-21)17-9-7-15(8-10-17)24(35)28-18-6-3-4-12-27-18/h3-4,6-10,12,16H,11,13-14H2,1H3,(H2,26,29)(H,30,36)(H,27,28,35)/t16-/m1/s1. The van der Waals surface area contributed by atoms with E-state index in [1.807, 2.05) is 0 Å². The van der Waals surface area contributed by atoms with Crippen molar-refractivity contribution in [2.75, 3.05) is 24.1 Å². The summed E-state index contributed by atoms with van der Waals surface area (Å²) in [7, 11) is 0. The van der Waals surface area contributed by atoms with Crippen molar-refractivity contribution in [3.8, 4) is 17.5 Å². The molecule has 36 heavy (non-hydrogen) atoms. The smallest absolute Gasteiger partial charge is 0.298 e. The van der Waals surface area contributed by atoms with Crippen LogP contribution in [0.5, 0.6) is 0 Å². The van der Waals surface area contributed by atoms with Gasteiger partial charge in [0.15, 0.2) is 5.82 Å². The maximum atomic E-state index is 12.8. The first-order valence-electron chi connectivity index (χ1n) is 11.3. The third-order valence-corrected chi connectivity index (χ3v) is 6.03. The topological polar surface area (TPSA) is 152 Å². The zero-order valence-electron chi connectivity index (χ0n) is 19.4. The Bertz CT molecular complexity index is 1580. The Morgan fingerprint density at radius 3 is 2.72 bits per heavy atom. The van der Waals surface area contributed by atoms with Crippen molar-refractivity contribution in [3.05, 3.63) is 70.3 Å². The van der Waals surface area contributed by atoms with Crippen LogP contribution in [0.4, 0.5) is 11.6 Å². The zero-order chi connectivity index (χ0) is 25.2. The highest BCUT2D eigenvalue weighted by molar-refractivity contribution is 6.04. The number of amides is 2. The van der Waals surface area contributed by atoms with Crippen molar-refractivity contribution in [3.63, 3.8) is 0 Å². The van der Waals surface area contributed by atoms with Gasteiger partial charge in [-0.25, -0.2) is 14.8 Å². The molecule has 0 radical (unpaired) electrons. The maximum Gasteiger partial charge on any atom is 0.298 e. The number of nitrogens with two attached hydrogens (primary N) is 1. The van der Waals surface area contributed by atoms with Crippen molar-refractivity contribution in [2.24, 2.45) is 0 Å². The van der Waals surface area contributed by atoms with Gasteiger partial charge in [-0.15, -0.1) is 0 Å². The molecule has 1 atom stereocenters. The molecule has 2 amide bonds. The average Bonchev–Trinajstić information content (AvgIpc) is 3.53. The quantitative estimate of drug-likeness (QED) is 0.374. The largest absolute Gasteiger partial charge is 0.380 e. The molecule has 0 spiro atoms. The van der Waals surface area contributed by atoms with E-state index in [9.17, 15) is 14.4 Å². The van der Waals surface area contributed by atoms with E-state index in [0.717, 1.165) is 0 Å². The Kier molecular flexibility index (Phi) is 5.92. The fourth-order valence-corrected chi connectivity index (χ4v) is 4.32. The van der Waals surface area contributed by atoms with Gasteiger partial charge in [0.25, 0.3) is 17.4 Å². The minimum Gasteiger partial charge on any atom is -0.380 e. The number of likely N-dealkylation sites (tertiary alicyclic amines) is 1. The summed E-state index contributed by atoms with van der Waals surface area (Å²) in [6.45, 7) is 2.53. The number of hydrogen-bond donors (Lipinski definition) is 3. The Morgan fingerprint density at radius 2 is 2.00 bits per heavy atom. The monoisotopic (exact) mass is 482 g/mol. The number of rotatable bonds is 4. The molecule has 4 N–H and O–H groups in total. The van der Waals surface area contributed by atoms with Crippen LogP contribution in [0, 0.1) is 11.8 Å². The molecular formula is C25H22N8O3. The van der Waals surface area contributed by atoms with Crippen LogP contribution >= 0.6 is 0 Å². The third-order valence-electron chi connectivity index (χ3n) is 6.03. The van der Waals surface area contributed by atoms with E-state index < -0.39 is 5.56 Å².